The highest BCUT2D eigenvalue weighted by Gasteiger charge is 2.19. The second-order valence-corrected chi connectivity index (χ2v) is 5.73. The van der Waals surface area contributed by atoms with E-state index in [1.165, 1.54) is 12.1 Å². The molecule has 23 heavy (non-hydrogen) atoms. The first-order valence-electron chi connectivity index (χ1n) is 7.57. The lowest BCUT2D eigenvalue weighted by Crippen LogP contribution is -2.49. The van der Waals surface area contributed by atoms with Crippen LogP contribution in [0.1, 0.15) is 25.3 Å². The van der Waals surface area contributed by atoms with Gasteiger partial charge < -0.3 is 16.0 Å². The van der Waals surface area contributed by atoms with Crippen LogP contribution in [0.3, 0.4) is 0 Å². The molecule has 1 fully saturated rings. The van der Waals surface area contributed by atoms with Crippen molar-refractivity contribution in [1.82, 2.24) is 16.0 Å². The number of rotatable bonds is 5. The smallest absolute Gasteiger partial charge is 0.239 e. The Hall–Kier alpha value is -1.66. The Balaban J connectivity index is 0.00000264. The first kappa shape index (κ1) is 19.4. The highest BCUT2D eigenvalue weighted by Crippen LogP contribution is 2.07. The van der Waals surface area contributed by atoms with Crippen LogP contribution >= 0.6 is 12.4 Å². The average molecular weight is 344 g/mol. The van der Waals surface area contributed by atoms with Gasteiger partial charge in [-0.15, -0.1) is 12.4 Å². The minimum atomic E-state index is -0.372. The summed E-state index contributed by atoms with van der Waals surface area (Å²) in [5, 5.41) is 8.80. The highest BCUT2D eigenvalue weighted by atomic mass is 35.5. The standard InChI is InChI=1S/C16H22FN3O2.ClH/c1-11-7-14(5-6-18-11)20-16(22)10-19-15(21)9-12-3-2-4-13(17)8-12;/h2-4,8,11,14,18H,5-7,9-10H2,1H3,(H,19,21)(H,20,22);1H. The normalized spacial score (nSPS) is 20.3. The molecular formula is C16H23ClFN3O2. The summed E-state index contributed by atoms with van der Waals surface area (Å²) in [4.78, 5) is 23.6. The van der Waals surface area contributed by atoms with Crippen LogP contribution in [0, 0.1) is 5.82 Å². The summed E-state index contributed by atoms with van der Waals surface area (Å²) >= 11 is 0. The minimum absolute atomic E-state index is 0. The fourth-order valence-corrected chi connectivity index (χ4v) is 2.62. The van der Waals surface area contributed by atoms with Crippen LogP contribution in [-0.2, 0) is 16.0 Å². The van der Waals surface area contributed by atoms with Crippen molar-refractivity contribution in [3.05, 3.63) is 35.6 Å². The first-order chi connectivity index (χ1) is 10.5. The zero-order valence-electron chi connectivity index (χ0n) is 13.1. The SMILES string of the molecule is CC1CC(NC(=O)CNC(=O)Cc2cccc(F)c2)CCN1.Cl. The molecule has 0 bridgehead atoms. The maximum atomic E-state index is 13.0. The van der Waals surface area contributed by atoms with E-state index in [4.69, 9.17) is 0 Å². The van der Waals surface area contributed by atoms with Crippen molar-refractivity contribution in [2.75, 3.05) is 13.1 Å². The number of carbonyl (C=O) groups excluding carboxylic acids is 2. The highest BCUT2D eigenvalue weighted by molar-refractivity contribution is 5.86. The number of hydrogen-bond donors (Lipinski definition) is 3. The molecule has 0 spiro atoms. The van der Waals surface area contributed by atoms with Crippen molar-refractivity contribution in [2.24, 2.45) is 0 Å². The van der Waals surface area contributed by atoms with Gasteiger partial charge in [0.1, 0.15) is 5.82 Å². The molecule has 0 saturated carbocycles. The van der Waals surface area contributed by atoms with Crippen molar-refractivity contribution < 1.29 is 14.0 Å². The lowest BCUT2D eigenvalue weighted by atomic mass is 10.0. The maximum Gasteiger partial charge on any atom is 0.239 e. The van der Waals surface area contributed by atoms with Crippen LogP contribution in [0.15, 0.2) is 24.3 Å². The van der Waals surface area contributed by atoms with Gasteiger partial charge in [0.05, 0.1) is 13.0 Å². The van der Waals surface area contributed by atoms with Crippen molar-refractivity contribution in [3.63, 3.8) is 0 Å². The van der Waals surface area contributed by atoms with E-state index >= 15 is 0 Å². The topological polar surface area (TPSA) is 70.2 Å². The van der Waals surface area contributed by atoms with E-state index in [1.54, 1.807) is 12.1 Å². The lowest BCUT2D eigenvalue weighted by Gasteiger charge is -2.28. The van der Waals surface area contributed by atoms with Gasteiger partial charge in [-0.2, -0.15) is 0 Å². The second kappa shape index (κ2) is 9.47. The van der Waals surface area contributed by atoms with Gasteiger partial charge in [0.2, 0.25) is 11.8 Å². The van der Waals surface area contributed by atoms with Gasteiger partial charge in [-0.1, -0.05) is 12.1 Å². The van der Waals surface area contributed by atoms with E-state index in [1.807, 2.05) is 0 Å². The zero-order chi connectivity index (χ0) is 15.9. The van der Waals surface area contributed by atoms with E-state index in [9.17, 15) is 14.0 Å². The summed E-state index contributed by atoms with van der Waals surface area (Å²) in [6.45, 7) is 2.92. The van der Waals surface area contributed by atoms with Crippen LogP contribution in [0.5, 0.6) is 0 Å². The average Bonchev–Trinajstić information content (AvgIpc) is 2.45. The van der Waals surface area contributed by atoms with Crippen molar-refractivity contribution in [3.8, 4) is 0 Å². The first-order valence-corrected chi connectivity index (χ1v) is 7.57. The number of piperidine rings is 1. The predicted molar refractivity (Wildman–Crippen MR) is 89.0 cm³/mol. The molecule has 1 aromatic rings. The molecule has 128 valence electrons. The van der Waals surface area contributed by atoms with Gasteiger partial charge >= 0.3 is 0 Å². The van der Waals surface area contributed by atoms with E-state index in [0.29, 0.717) is 11.6 Å². The molecule has 1 aliphatic heterocycles. The number of amides is 2. The second-order valence-electron chi connectivity index (χ2n) is 5.73. The fraction of sp³-hybridized carbons (Fsp3) is 0.500. The van der Waals surface area contributed by atoms with Crippen LogP contribution < -0.4 is 16.0 Å². The predicted octanol–water partition coefficient (Wildman–Crippen LogP) is 1.16. The summed E-state index contributed by atoms with van der Waals surface area (Å²) in [6.07, 6.45) is 1.85. The monoisotopic (exact) mass is 343 g/mol. The van der Waals surface area contributed by atoms with E-state index in [0.717, 1.165) is 19.4 Å². The molecule has 2 rings (SSSR count). The van der Waals surface area contributed by atoms with Gasteiger partial charge in [0.15, 0.2) is 0 Å². The van der Waals surface area contributed by atoms with Crippen molar-refractivity contribution in [1.29, 1.82) is 0 Å². The number of carbonyl (C=O) groups is 2. The van der Waals surface area contributed by atoms with Gasteiger partial charge in [-0.05, 0) is 44.0 Å². The van der Waals surface area contributed by atoms with Gasteiger partial charge in [0, 0.05) is 12.1 Å². The van der Waals surface area contributed by atoms with Crippen LogP contribution in [0.4, 0.5) is 4.39 Å². The Labute approximate surface area is 141 Å². The van der Waals surface area contributed by atoms with E-state index in [-0.39, 0.29) is 49.0 Å². The summed E-state index contributed by atoms with van der Waals surface area (Å²) in [7, 11) is 0. The number of hydrogen-bond acceptors (Lipinski definition) is 3. The molecule has 1 aromatic carbocycles. The molecule has 7 heteroatoms. The molecular weight excluding hydrogens is 321 g/mol. The molecule has 3 N–H and O–H groups in total. The summed E-state index contributed by atoms with van der Waals surface area (Å²) in [5.41, 5.74) is 0.588. The van der Waals surface area contributed by atoms with Gasteiger partial charge in [-0.25, -0.2) is 4.39 Å². The number of benzene rings is 1. The number of halogens is 2. The third-order valence-corrected chi connectivity index (χ3v) is 3.69. The zero-order valence-corrected chi connectivity index (χ0v) is 13.9. The lowest BCUT2D eigenvalue weighted by molar-refractivity contribution is -0.126. The summed E-state index contributed by atoms with van der Waals surface area (Å²) in [6, 6.07) is 6.43. The molecule has 1 aliphatic rings. The molecule has 0 aromatic heterocycles. The summed E-state index contributed by atoms with van der Waals surface area (Å²) < 4.78 is 13.0. The minimum Gasteiger partial charge on any atom is -0.352 e. The van der Waals surface area contributed by atoms with Crippen molar-refractivity contribution >= 4 is 24.2 Å². The Morgan fingerprint density at radius 2 is 2.13 bits per heavy atom. The molecule has 2 unspecified atom stereocenters. The molecule has 5 nitrogen and oxygen atoms in total. The molecule has 2 amide bonds. The third-order valence-electron chi connectivity index (χ3n) is 3.69. The Kier molecular flexibility index (Phi) is 7.98. The Bertz CT molecular complexity index is 542. The quantitative estimate of drug-likeness (QED) is 0.751. The Morgan fingerprint density at radius 3 is 2.83 bits per heavy atom. The molecule has 1 heterocycles. The van der Waals surface area contributed by atoms with E-state index < -0.39 is 0 Å². The van der Waals surface area contributed by atoms with E-state index in [2.05, 4.69) is 22.9 Å². The molecule has 0 radical (unpaired) electrons. The van der Waals surface area contributed by atoms with Crippen LogP contribution in [-0.4, -0.2) is 37.0 Å². The largest absolute Gasteiger partial charge is 0.352 e. The van der Waals surface area contributed by atoms with Gasteiger partial charge in [0.25, 0.3) is 0 Å². The fourth-order valence-electron chi connectivity index (χ4n) is 2.62. The third kappa shape index (κ3) is 6.97. The van der Waals surface area contributed by atoms with Crippen LogP contribution in [0.2, 0.25) is 0 Å². The van der Waals surface area contributed by atoms with Crippen molar-refractivity contribution in [2.45, 2.75) is 38.3 Å². The summed E-state index contributed by atoms with van der Waals surface area (Å²) in [5.74, 6) is -0.853. The molecule has 1 saturated heterocycles. The number of nitrogens with one attached hydrogen (secondary N) is 3. The Morgan fingerprint density at radius 1 is 1.35 bits per heavy atom. The van der Waals surface area contributed by atoms with Crippen LogP contribution in [0.25, 0.3) is 0 Å². The maximum absolute atomic E-state index is 13.0. The molecule has 2 atom stereocenters. The van der Waals surface area contributed by atoms with Gasteiger partial charge in [-0.3, -0.25) is 9.59 Å². The molecule has 0 aliphatic carbocycles.